The molecule has 0 aliphatic carbocycles. The van der Waals surface area contributed by atoms with Crippen molar-refractivity contribution in [1.29, 1.82) is 0 Å². The van der Waals surface area contributed by atoms with Crippen molar-refractivity contribution in [3.8, 4) is 0 Å². The topological polar surface area (TPSA) is 72.0 Å². The van der Waals surface area contributed by atoms with Crippen LogP contribution in [0.5, 0.6) is 0 Å². The number of anilines is 1. The summed E-state index contributed by atoms with van der Waals surface area (Å²) in [6.45, 7) is 6.46. The van der Waals surface area contributed by atoms with Crippen LogP contribution in [0, 0.1) is 13.8 Å². The molecule has 2 heterocycles. The predicted molar refractivity (Wildman–Crippen MR) is 83.8 cm³/mol. The van der Waals surface area contributed by atoms with E-state index in [4.69, 9.17) is 10.8 Å². The van der Waals surface area contributed by atoms with Gasteiger partial charge in [0, 0.05) is 16.7 Å². The third-order valence-electron chi connectivity index (χ3n) is 3.14. The van der Waals surface area contributed by atoms with E-state index in [2.05, 4.69) is 30.7 Å². The van der Waals surface area contributed by atoms with Crippen LogP contribution < -0.4 is 5.73 Å². The summed E-state index contributed by atoms with van der Waals surface area (Å²) in [5.41, 5.74) is 7.23. The average Bonchev–Trinajstić information content (AvgIpc) is 2.63. The van der Waals surface area contributed by atoms with Crippen molar-refractivity contribution < 1.29 is 5.11 Å². The standard InChI is InChI=1S/C13H19N3OS2/c1-7(4-5-17)18-6-10-15-12(14)11-8(2)9(3)19-13(11)16-10/h7,17H,4-6H2,1-3H3,(H2,14,15,16). The molecule has 0 aliphatic rings. The van der Waals surface area contributed by atoms with E-state index in [9.17, 15) is 0 Å². The lowest BCUT2D eigenvalue weighted by Crippen LogP contribution is -2.03. The molecule has 1 unspecified atom stereocenters. The first-order valence-electron chi connectivity index (χ1n) is 6.27. The van der Waals surface area contributed by atoms with Gasteiger partial charge >= 0.3 is 0 Å². The molecule has 0 saturated carbocycles. The van der Waals surface area contributed by atoms with E-state index < -0.39 is 0 Å². The van der Waals surface area contributed by atoms with Gasteiger partial charge in [-0.05, 0) is 25.8 Å². The third kappa shape index (κ3) is 3.19. The lowest BCUT2D eigenvalue weighted by molar-refractivity contribution is 0.289. The van der Waals surface area contributed by atoms with Crippen LogP contribution in [0.1, 0.15) is 29.6 Å². The third-order valence-corrected chi connectivity index (χ3v) is 5.47. The maximum atomic E-state index is 8.89. The molecule has 6 heteroatoms. The maximum Gasteiger partial charge on any atom is 0.142 e. The number of aryl methyl sites for hydroxylation is 2. The molecule has 0 spiro atoms. The van der Waals surface area contributed by atoms with Gasteiger partial charge in [-0.3, -0.25) is 0 Å². The van der Waals surface area contributed by atoms with Gasteiger partial charge in [-0.2, -0.15) is 11.8 Å². The minimum absolute atomic E-state index is 0.222. The van der Waals surface area contributed by atoms with E-state index in [1.165, 1.54) is 10.4 Å². The van der Waals surface area contributed by atoms with Crippen LogP contribution in [-0.2, 0) is 5.75 Å². The van der Waals surface area contributed by atoms with Gasteiger partial charge in [0.05, 0.1) is 11.1 Å². The van der Waals surface area contributed by atoms with Crippen LogP contribution in [0.2, 0.25) is 0 Å². The molecule has 19 heavy (non-hydrogen) atoms. The zero-order valence-electron chi connectivity index (χ0n) is 11.4. The number of thiophene rings is 1. The highest BCUT2D eigenvalue weighted by Gasteiger charge is 2.13. The highest BCUT2D eigenvalue weighted by Crippen LogP contribution is 2.32. The van der Waals surface area contributed by atoms with Gasteiger partial charge in [0.2, 0.25) is 0 Å². The second-order valence-corrected chi connectivity index (χ2v) is 7.25. The van der Waals surface area contributed by atoms with Crippen LogP contribution >= 0.6 is 23.1 Å². The Morgan fingerprint density at radius 3 is 2.79 bits per heavy atom. The Morgan fingerprint density at radius 1 is 1.37 bits per heavy atom. The summed E-state index contributed by atoms with van der Waals surface area (Å²) in [6.07, 6.45) is 0.791. The van der Waals surface area contributed by atoms with E-state index >= 15 is 0 Å². The normalized spacial score (nSPS) is 13.1. The zero-order chi connectivity index (χ0) is 14.0. The molecule has 0 bridgehead atoms. The molecule has 0 saturated heterocycles. The Balaban J connectivity index is 2.21. The minimum Gasteiger partial charge on any atom is -0.396 e. The molecule has 3 N–H and O–H groups in total. The lowest BCUT2D eigenvalue weighted by atomic mass is 10.2. The Bertz CT molecular complexity index is 583. The summed E-state index contributed by atoms with van der Waals surface area (Å²) in [7, 11) is 0. The van der Waals surface area contributed by atoms with Crippen molar-refractivity contribution in [2.75, 3.05) is 12.3 Å². The number of aliphatic hydroxyl groups is 1. The SMILES string of the molecule is Cc1sc2nc(CSC(C)CCO)nc(N)c2c1C. The fourth-order valence-corrected chi connectivity index (χ4v) is 3.76. The summed E-state index contributed by atoms with van der Waals surface area (Å²) < 4.78 is 0. The lowest BCUT2D eigenvalue weighted by Gasteiger charge is -2.08. The molecule has 1 atom stereocenters. The molecule has 2 aromatic heterocycles. The van der Waals surface area contributed by atoms with Crippen LogP contribution in [0.15, 0.2) is 0 Å². The molecule has 2 rings (SSSR count). The fourth-order valence-electron chi connectivity index (χ4n) is 1.87. The number of nitrogens with zero attached hydrogens (tertiary/aromatic N) is 2. The van der Waals surface area contributed by atoms with Gasteiger partial charge in [0.1, 0.15) is 16.5 Å². The van der Waals surface area contributed by atoms with E-state index in [0.717, 1.165) is 28.2 Å². The first-order chi connectivity index (χ1) is 9.02. The van der Waals surface area contributed by atoms with Gasteiger partial charge < -0.3 is 10.8 Å². The monoisotopic (exact) mass is 297 g/mol. The largest absolute Gasteiger partial charge is 0.396 e. The highest BCUT2D eigenvalue weighted by molar-refractivity contribution is 7.99. The van der Waals surface area contributed by atoms with Gasteiger partial charge in [0.25, 0.3) is 0 Å². The Hall–Kier alpha value is -0.850. The summed E-state index contributed by atoms with van der Waals surface area (Å²) >= 11 is 3.42. The molecule has 0 fully saturated rings. The highest BCUT2D eigenvalue weighted by atomic mass is 32.2. The number of hydrogen-bond donors (Lipinski definition) is 2. The molecular formula is C13H19N3OS2. The van der Waals surface area contributed by atoms with Crippen LogP contribution in [0.4, 0.5) is 5.82 Å². The zero-order valence-corrected chi connectivity index (χ0v) is 13.1. The Kier molecular flexibility index (Phi) is 4.65. The molecule has 2 aromatic rings. The number of rotatable bonds is 5. The molecule has 0 aliphatic heterocycles. The number of aliphatic hydroxyl groups excluding tert-OH is 1. The van der Waals surface area contributed by atoms with Crippen LogP contribution in [-0.4, -0.2) is 26.9 Å². The van der Waals surface area contributed by atoms with Gasteiger partial charge in [0.15, 0.2) is 0 Å². The smallest absolute Gasteiger partial charge is 0.142 e. The van der Waals surface area contributed by atoms with Crippen molar-refractivity contribution in [3.05, 3.63) is 16.3 Å². The van der Waals surface area contributed by atoms with Gasteiger partial charge in [-0.25, -0.2) is 9.97 Å². The molecule has 4 nitrogen and oxygen atoms in total. The first-order valence-corrected chi connectivity index (χ1v) is 8.14. The summed E-state index contributed by atoms with van der Waals surface area (Å²) in [4.78, 5) is 11.2. The Morgan fingerprint density at radius 2 is 2.11 bits per heavy atom. The first kappa shape index (κ1) is 14.6. The summed E-state index contributed by atoms with van der Waals surface area (Å²) in [5.74, 6) is 2.09. The predicted octanol–water partition coefficient (Wildman–Crippen LogP) is 2.89. The molecular weight excluding hydrogens is 278 g/mol. The molecule has 104 valence electrons. The van der Waals surface area contributed by atoms with Gasteiger partial charge in [-0.1, -0.05) is 6.92 Å². The van der Waals surface area contributed by atoms with Crippen molar-refractivity contribution >= 4 is 39.1 Å². The number of nitrogens with two attached hydrogens (primary N) is 1. The van der Waals surface area contributed by atoms with Crippen LogP contribution in [0.25, 0.3) is 10.2 Å². The quantitative estimate of drug-likeness (QED) is 0.888. The molecule has 0 amide bonds. The average molecular weight is 297 g/mol. The number of fused-ring (bicyclic) bond motifs is 1. The number of thioether (sulfide) groups is 1. The second-order valence-electron chi connectivity index (χ2n) is 4.62. The fraction of sp³-hybridized carbons (Fsp3) is 0.538. The van der Waals surface area contributed by atoms with E-state index in [-0.39, 0.29) is 6.61 Å². The van der Waals surface area contributed by atoms with E-state index in [1.807, 2.05) is 0 Å². The number of aromatic nitrogens is 2. The second kappa shape index (κ2) is 6.07. The van der Waals surface area contributed by atoms with Crippen molar-refractivity contribution in [3.63, 3.8) is 0 Å². The number of nitrogen functional groups attached to an aromatic ring is 1. The maximum absolute atomic E-state index is 8.89. The van der Waals surface area contributed by atoms with Crippen molar-refractivity contribution in [2.24, 2.45) is 0 Å². The van der Waals surface area contributed by atoms with E-state index in [0.29, 0.717) is 11.1 Å². The van der Waals surface area contributed by atoms with Crippen molar-refractivity contribution in [1.82, 2.24) is 9.97 Å². The summed E-state index contributed by atoms with van der Waals surface area (Å²) in [6, 6.07) is 0. The number of hydrogen-bond acceptors (Lipinski definition) is 6. The van der Waals surface area contributed by atoms with Crippen LogP contribution in [0.3, 0.4) is 0 Å². The van der Waals surface area contributed by atoms with Crippen molar-refractivity contribution in [2.45, 2.75) is 38.2 Å². The summed E-state index contributed by atoms with van der Waals surface area (Å²) in [5, 5.41) is 10.3. The minimum atomic E-state index is 0.222. The van der Waals surface area contributed by atoms with Gasteiger partial charge in [-0.15, -0.1) is 11.3 Å². The van der Waals surface area contributed by atoms with E-state index in [1.54, 1.807) is 23.1 Å². The Labute approximate surface area is 121 Å². The molecule has 0 aromatic carbocycles. The molecule has 0 radical (unpaired) electrons.